The Morgan fingerprint density at radius 3 is 2.19 bits per heavy atom. The summed E-state index contributed by atoms with van der Waals surface area (Å²) >= 11 is 0. The molecule has 0 N–H and O–H groups in total. The van der Waals surface area contributed by atoms with Crippen LogP contribution in [0.2, 0.25) is 0 Å². The van der Waals surface area contributed by atoms with Crippen LogP contribution >= 0.6 is 0 Å². The fourth-order valence-corrected chi connectivity index (χ4v) is 4.80. The summed E-state index contributed by atoms with van der Waals surface area (Å²) in [5, 5.41) is 0.633. The first-order valence-electron chi connectivity index (χ1n) is 10.9. The third kappa shape index (κ3) is 5.03. The Bertz CT molecular complexity index is 1030. The van der Waals surface area contributed by atoms with Crippen LogP contribution in [0.1, 0.15) is 56.9 Å². The molecule has 0 bridgehead atoms. The lowest BCUT2D eigenvalue weighted by Gasteiger charge is -2.28. The van der Waals surface area contributed by atoms with E-state index in [9.17, 15) is 17.6 Å². The second-order valence-corrected chi connectivity index (χ2v) is 8.49. The smallest absolute Gasteiger partial charge is 0.403 e. The molecule has 0 heterocycles. The molecule has 3 aromatic carbocycles. The average Bonchev–Trinajstić information content (AvgIpc) is 2.76. The zero-order valence-corrected chi connectivity index (χ0v) is 17.5. The monoisotopic (exact) mass is 430 g/mol. The number of ether oxygens (including phenoxy) is 1. The third-order valence-electron chi connectivity index (χ3n) is 6.40. The van der Waals surface area contributed by atoms with Crippen molar-refractivity contribution in [3.05, 3.63) is 66.0 Å². The van der Waals surface area contributed by atoms with Crippen LogP contribution in [0.15, 0.2) is 54.6 Å². The Hall–Kier alpha value is -2.56. The summed E-state index contributed by atoms with van der Waals surface area (Å²) in [5.41, 5.74) is 3.26. The molecule has 0 aliphatic heterocycles. The van der Waals surface area contributed by atoms with Gasteiger partial charge in [-0.2, -0.15) is 0 Å². The average molecular weight is 430 g/mol. The highest BCUT2D eigenvalue weighted by Crippen LogP contribution is 2.38. The minimum atomic E-state index is -4.93. The predicted octanol–water partition coefficient (Wildman–Crippen LogP) is 8.62. The molecule has 4 rings (SSSR count). The molecule has 1 nitrogen and oxygen atoms in total. The molecule has 31 heavy (non-hydrogen) atoms. The number of fused-ring (bicyclic) bond motifs is 1. The maximum Gasteiger partial charge on any atom is 0.573 e. The SMILES string of the molecule is CCC[C@H]1CC[C@H](c2ccc(-c3ccc4c(F)c(OC(F)(F)F)ccc4c3)cc2)CC1. The molecule has 1 aliphatic carbocycles. The highest BCUT2D eigenvalue weighted by Gasteiger charge is 2.32. The van der Waals surface area contributed by atoms with Crippen LogP contribution < -0.4 is 4.74 Å². The van der Waals surface area contributed by atoms with Crippen LogP contribution in [0.3, 0.4) is 0 Å². The molecule has 0 spiro atoms. The largest absolute Gasteiger partial charge is 0.573 e. The lowest BCUT2D eigenvalue weighted by molar-refractivity contribution is -0.275. The molecule has 0 saturated heterocycles. The zero-order valence-electron chi connectivity index (χ0n) is 17.5. The number of halogens is 4. The summed E-state index contributed by atoms with van der Waals surface area (Å²) in [5.74, 6) is -0.332. The van der Waals surface area contributed by atoms with Gasteiger partial charge in [-0.05, 0) is 71.7 Å². The molecule has 3 aromatic rings. The minimum Gasteiger partial charge on any atom is -0.403 e. The summed E-state index contributed by atoms with van der Waals surface area (Å²) in [6.07, 6.45) is 2.75. The maximum atomic E-state index is 14.4. The van der Waals surface area contributed by atoms with Gasteiger partial charge in [0, 0.05) is 5.39 Å². The first-order valence-corrected chi connectivity index (χ1v) is 10.9. The van der Waals surface area contributed by atoms with E-state index in [1.165, 1.54) is 56.2 Å². The molecule has 1 aliphatic rings. The van der Waals surface area contributed by atoms with Crippen LogP contribution in [0, 0.1) is 11.7 Å². The van der Waals surface area contributed by atoms with Gasteiger partial charge < -0.3 is 4.74 Å². The maximum absolute atomic E-state index is 14.4. The number of hydrogen-bond acceptors (Lipinski definition) is 1. The van der Waals surface area contributed by atoms with Crippen LogP contribution in [-0.4, -0.2) is 6.36 Å². The summed E-state index contributed by atoms with van der Waals surface area (Å²) in [6, 6.07) is 16.0. The highest BCUT2D eigenvalue weighted by atomic mass is 19.4. The van der Waals surface area contributed by atoms with Crippen molar-refractivity contribution < 1.29 is 22.3 Å². The molecule has 0 amide bonds. The van der Waals surface area contributed by atoms with Crippen LogP contribution in [-0.2, 0) is 0 Å². The lowest BCUT2D eigenvalue weighted by atomic mass is 9.77. The summed E-state index contributed by atoms with van der Waals surface area (Å²) in [7, 11) is 0. The van der Waals surface area contributed by atoms with Gasteiger partial charge in [0.05, 0.1) is 0 Å². The second-order valence-electron chi connectivity index (χ2n) is 8.49. The number of alkyl halides is 3. The van der Waals surface area contributed by atoms with E-state index in [-0.39, 0.29) is 5.39 Å². The number of benzene rings is 3. The van der Waals surface area contributed by atoms with Gasteiger partial charge in [-0.25, -0.2) is 4.39 Å². The molecule has 0 aromatic heterocycles. The van der Waals surface area contributed by atoms with Crippen molar-refractivity contribution >= 4 is 10.8 Å². The van der Waals surface area contributed by atoms with Gasteiger partial charge in [0.2, 0.25) is 0 Å². The van der Waals surface area contributed by atoms with E-state index in [1.807, 2.05) is 0 Å². The fraction of sp³-hybridized carbons (Fsp3) is 0.385. The standard InChI is InChI=1S/C26H26F4O/c1-2-3-17-4-6-18(7-5-17)19-8-10-20(11-9-19)21-12-14-23-22(16-21)13-15-24(25(23)27)31-26(28,29)30/h8-18H,2-7H2,1H3/t17-,18-. The Balaban J connectivity index is 1.52. The van der Waals surface area contributed by atoms with E-state index in [1.54, 1.807) is 12.1 Å². The first-order chi connectivity index (χ1) is 14.8. The van der Waals surface area contributed by atoms with E-state index >= 15 is 0 Å². The second kappa shape index (κ2) is 8.89. The fourth-order valence-electron chi connectivity index (χ4n) is 4.80. The topological polar surface area (TPSA) is 9.23 Å². The lowest BCUT2D eigenvalue weighted by Crippen LogP contribution is -2.17. The van der Waals surface area contributed by atoms with Crippen molar-refractivity contribution in [2.75, 3.05) is 0 Å². The molecule has 1 saturated carbocycles. The van der Waals surface area contributed by atoms with Gasteiger partial charge in [-0.1, -0.05) is 62.2 Å². The molecular formula is C26H26F4O. The minimum absolute atomic E-state index is 0.103. The van der Waals surface area contributed by atoms with Gasteiger partial charge in [-0.3, -0.25) is 0 Å². The van der Waals surface area contributed by atoms with Crippen molar-refractivity contribution in [1.29, 1.82) is 0 Å². The number of rotatable bonds is 5. The van der Waals surface area contributed by atoms with Crippen molar-refractivity contribution in [3.8, 4) is 16.9 Å². The normalized spacial score (nSPS) is 19.5. The summed E-state index contributed by atoms with van der Waals surface area (Å²) in [4.78, 5) is 0. The van der Waals surface area contributed by atoms with E-state index in [0.29, 0.717) is 11.3 Å². The van der Waals surface area contributed by atoms with E-state index < -0.39 is 17.9 Å². The van der Waals surface area contributed by atoms with E-state index in [0.717, 1.165) is 23.1 Å². The van der Waals surface area contributed by atoms with Gasteiger partial charge in [0.15, 0.2) is 11.6 Å². The highest BCUT2D eigenvalue weighted by molar-refractivity contribution is 5.89. The van der Waals surface area contributed by atoms with Crippen molar-refractivity contribution in [2.24, 2.45) is 5.92 Å². The van der Waals surface area contributed by atoms with Gasteiger partial charge in [-0.15, -0.1) is 13.2 Å². The molecule has 0 unspecified atom stereocenters. The van der Waals surface area contributed by atoms with Crippen LogP contribution in [0.5, 0.6) is 5.75 Å². The Morgan fingerprint density at radius 2 is 1.55 bits per heavy atom. The quantitative estimate of drug-likeness (QED) is 0.368. The molecule has 5 heteroatoms. The van der Waals surface area contributed by atoms with Gasteiger partial charge >= 0.3 is 6.36 Å². The summed E-state index contributed by atoms with van der Waals surface area (Å²) < 4.78 is 55.5. The molecule has 0 atom stereocenters. The molecular weight excluding hydrogens is 404 g/mol. The Labute approximate surface area is 180 Å². The van der Waals surface area contributed by atoms with Crippen molar-refractivity contribution in [1.82, 2.24) is 0 Å². The van der Waals surface area contributed by atoms with Crippen LogP contribution in [0.4, 0.5) is 17.6 Å². The first kappa shape index (κ1) is 21.7. The van der Waals surface area contributed by atoms with Gasteiger partial charge in [0.1, 0.15) is 0 Å². The van der Waals surface area contributed by atoms with Crippen LogP contribution in [0.25, 0.3) is 21.9 Å². The predicted molar refractivity (Wildman–Crippen MR) is 116 cm³/mol. The van der Waals surface area contributed by atoms with Crippen molar-refractivity contribution in [3.63, 3.8) is 0 Å². The zero-order chi connectivity index (χ0) is 22.0. The molecule has 164 valence electrons. The van der Waals surface area contributed by atoms with Gasteiger partial charge in [0.25, 0.3) is 0 Å². The third-order valence-corrected chi connectivity index (χ3v) is 6.40. The van der Waals surface area contributed by atoms with Crippen molar-refractivity contribution in [2.45, 2.75) is 57.7 Å². The Kier molecular flexibility index (Phi) is 6.22. The Morgan fingerprint density at radius 1 is 0.871 bits per heavy atom. The van der Waals surface area contributed by atoms with E-state index in [4.69, 9.17) is 0 Å². The molecule has 1 fully saturated rings. The number of hydrogen-bond donors (Lipinski definition) is 0. The van der Waals surface area contributed by atoms with E-state index in [2.05, 4.69) is 35.9 Å². The molecule has 0 radical (unpaired) electrons. The summed E-state index contributed by atoms with van der Waals surface area (Å²) in [6.45, 7) is 2.25.